The van der Waals surface area contributed by atoms with E-state index in [-0.39, 0.29) is 11.6 Å². The summed E-state index contributed by atoms with van der Waals surface area (Å²) in [4.78, 5) is 31.9. The molecule has 10 nitrogen and oxygen atoms in total. The summed E-state index contributed by atoms with van der Waals surface area (Å²) in [6.07, 6.45) is 1.35. The van der Waals surface area contributed by atoms with Gasteiger partial charge in [-0.1, -0.05) is 12.1 Å². The molecular formula is C16H15N5O5. The molecule has 1 amide bonds. The summed E-state index contributed by atoms with van der Waals surface area (Å²) in [5.74, 6) is -0.202. The van der Waals surface area contributed by atoms with Gasteiger partial charge in [0.1, 0.15) is 0 Å². The lowest BCUT2D eigenvalue weighted by Gasteiger charge is -2.05. The Morgan fingerprint density at radius 2 is 1.62 bits per heavy atom. The van der Waals surface area contributed by atoms with E-state index in [0.717, 1.165) is 0 Å². The Kier molecular flexibility index (Phi) is 5.58. The highest BCUT2D eigenvalue weighted by molar-refractivity contribution is 5.89. The largest absolute Gasteiger partial charge is 0.326 e. The third-order valence-corrected chi connectivity index (χ3v) is 3.26. The second kappa shape index (κ2) is 7.83. The molecule has 2 aromatic carbocycles. The fraction of sp³-hybridized carbons (Fsp3) is 0.125. The lowest BCUT2D eigenvalue weighted by atomic mass is 10.1. The highest BCUT2D eigenvalue weighted by Crippen LogP contribution is 2.35. The maximum atomic E-state index is 11.2. The minimum absolute atomic E-state index is 0.202. The number of nitro benzene ring substituents is 2. The van der Waals surface area contributed by atoms with Crippen LogP contribution < -0.4 is 10.7 Å². The number of hydrogen-bond donors (Lipinski definition) is 2. The molecule has 0 aliphatic carbocycles. The average molecular weight is 357 g/mol. The van der Waals surface area contributed by atoms with E-state index in [2.05, 4.69) is 15.8 Å². The van der Waals surface area contributed by atoms with Gasteiger partial charge in [0.05, 0.1) is 16.1 Å². The van der Waals surface area contributed by atoms with Crippen molar-refractivity contribution in [3.8, 4) is 0 Å². The number of nitrogens with one attached hydrogen (secondary N) is 2. The van der Waals surface area contributed by atoms with Gasteiger partial charge in [-0.15, -0.1) is 0 Å². The van der Waals surface area contributed by atoms with Crippen molar-refractivity contribution >= 4 is 34.9 Å². The molecule has 26 heavy (non-hydrogen) atoms. The second-order valence-electron chi connectivity index (χ2n) is 5.37. The van der Waals surface area contributed by atoms with Gasteiger partial charge in [-0.05, 0) is 30.2 Å². The van der Waals surface area contributed by atoms with E-state index in [1.807, 2.05) is 0 Å². The minimum atomic E-state index is -0.708. The molecule has 0 aliphatic rings. The Morgan fingerprint density at radius 1 is 1.08 bits per heavy atom. The zero-order valence-corrected chi connectivity index (χ0v) is 13.9. The standard InChI is InChI=1S/C16H15N5O5/c1-10-7-14(20(23)24)16(15(8-10)21(25)26)19-17-9-12-3-5-13(6-4-12)18-11(2)22/h3-9,19H,1-2H3,(H,18,22)/b17-9+. The summed E-state index contributed by atoms with van der Waals surface area (Å²) in [5.41, 5.74) is 2.85. The van der Waals surface area contributed by atoms with Crippen LogP contribution in [0, 0.1) is 27.2 Å². The topological polar surface area (TPSA) is 140 Å². The molecule has 0 saturated heterocycles. The smallest absolute Gasteiger partial charge is 0.301 e. The molecule has 0 unspecified atom stereocenters. The molecule has 0 bridgehead atoms. The number of benzene rings is 2. The van der Waals surface area contributed by atoms with Crippen LogP contribution in [-0.2, 0) is 4.79 Å². The number of carbonyl (C=O) groups excluding carboxylic acids is 1. The summed E-state index contributed by atoms with van der Waals surface area (Å²) in [6, 6.07) is 9.09. The van der Waals surface area contributed by atoms with Crippen molar-refractivity contribution < 1.29 is 14.6 Å². The lowest BCUT2D eigenvalue weighted by molar-refractivity contribution is -0.392. The van der Waals surface area contributed by atoms with Crippen molar-refractivity contribution in [2.24, 2.45) is 5.10 Å². The van der Waals surface area contributed by atoms with E-state index in [1.54, 1.807) is 24.3 Å². The van der Waals surface area contributed by atoms with Gasteiger partial charge in [-0.2, -0.15) is 5.10 Å². The Hall–Kier alpha value is -3.82. The van der Waals surface area contributed by atoms with Gasteiger partial charge in [0, 0.05) is 24.7 Å². The number of nitro groups is 2. The minimum Gasteiger partial charge on any atom is -0.326 e. The van der Waals surface area contributed by atoms with E-state index in [1.165, 1.54) is 32.2 Å². The Morgan fingerprint density at radius 3 is 2.08 bits per heavy atom. The van der Waals surface area contributed by atoms with Crippen LogP contribution in [0.2, 0.25) is 0 Å². The van der Waals surface area contributed by atoms with Gasteiger partial charge in [0.2, 0.25) is 11.6 Å². The summed E-state index contributed by atoms with van der Waals surface area (Å²) in [7, 11) is 0. The third-order valence-electron chi connectivity index (χ3n) is 3.26. The van der Waals surface area contributed by atoms with Gasteiger partial charge >= 0.3 is 11.4 Å². The quantitative estimate of drug-likeness (QED) is 0.462. The Bertz CT molecular complexity index is 857. The van der Waals surface area contributed by atoms with Crippen molar-refractivity contribution in [2.45, 2.75) is 13.8 Å². The first-order valence-corrected chi connectivity index (χ1v) is 7.38. The number of carbonyl (C=O) groups is 1. The number of amides is 1. The van der Waals surface area contributed by atoms with E-state index < -0.39 is 21.2 Å². The molecule has 0 aliphatic heterocycles. The van der Waals surface area contributed by atoms with Gasteiger partial charge in [0.25, 0.3) is 0 Å². The molecule has 134 valence electrons. The lowest BCUT2D eigenvalue weighted by Crippen LogP contribution is -2.05. The van der Waals surface area contributed by atoms with Crippen LogP contribution in [0.15, 0.2) is 41.5 Å². The molecule has 0 spiro atoms. The highest BCUT2D eigenvalue weighted by atomic mass is 16.6. The van der Waals surface area contributed by atoms with Gasteiger partial charge in [0.15, 0.2) is 0 Å². The molecule has 0 saturated carbocycles. The van der Waals surface area contributed by atoms with Crippen molar-refractivity contribution in [1.82, 2.24) is 0 Å². The number of aryl methyl sites for hydroxylation is 1. The fourth-order valence-electron chi connectivity index (χ4n) is 2.18. The van der Waals surface area contributed by atoms with Crippen LogP contribution in [-0.4, -0.2) is 22.0 Å². The van der Waals surface area contributed by atoms with Crippen LogP contribution in [0.1, 0.15) is 18.1 Å². The van der Waals surface area contributed by atoms with E-state index in [0.29, 0.717) is 16.8 Å². The summed E-state index contributed by atoms with van der Waals surface area (Å²) < 4.78 is 0. The summed E-state index contributed by atoms with van der Waals surface area (Å²) >= 11 is 0. The molecule has 10 heteroatoms. The summed E-state index contributed by atoms with van der Waals surface area (Å²) in [5, 5.41) is 28.8. The van der Waals surface area contributed by atoms with Crippen molar-refractivity contribution in [1.29, 1.82) is 0 Å². The molecular weight excluding hydrogens is 342 g/mol. The average Bonchev–Trinajstić information content (AvgIpc) is 2.56. The molecule has 2 aromatic rings. The fourth-order valence-corrected chi connectivity index (χ4v) is 2.18. The zero-order valence-electron chi connectivity index (χ0n) is 13.9. The molecule has 0 aromatic heterocycles. The highest BCUT2D eigenvalue weighted by Gasteiger charge is 2.25. The number of anilines is 2. The van der Waals surface area contributed by atoms with Crippen molar-refractivity contribution in [2.75, 3.05) is 10.7 Å². The van der Waals surface area contributed by atoms with E-state index in [9.17, 15) is 25.0 Å². The van der Waals surface area contributed by atoms with Crippen LogP contribution in [0.25, 0.3) is 0 Å². The molecule has 0 atom stereocenters. The monoisotopic (exact) mass is 357 g/mol. The van der Waals surface area contributed by atoms with E-state index >= 15 is 0 Å². The second-order valence-corrected chi connectivity index (χ2v) is 5.37. The van der Waals surface area contributed by atoms with Gasteiger partial charge in [-0.3, -0.25) is 30.4 Å². The maximum absolute atomic E-state index is 11.2. The first kappa shape index (κ1) is 18.5. The molecule has 0 radical (unpaired) electrons. The number of hydrazone groups is 1. The van der Waals surface area contributed by atoms with Crippen LogP contribution in [0.4, 0.5) is 22.7 Å². The van der Waals surface area contributed by atoms with Gasteiger partial charge in [-0.25, -0.2) is 0 Å². The number of nitrogens with zero attached hydrogens (tertiary/aromatic N) is 3. The summed E-state index contributed by atoms with van der Waals surface area (Å²) in [6.45, 7) is 2.92. The van der Waals surface area contributed by atoms with E-state index in [4.69, 9.17) is 0 Å². The Labute approximate surface area is 147 Å². The molecule has 0 fully saturated rings. The predicted octanol–water partition coefficient (Wildman–Crippen LogP) is 3.22. The normalized spacial score (nSPS) is 10.5. The SMILES string of the molecule is CC(=O)Nc1ccc(/C=N/Nc2c([N+](=O)[O-])cc(C)cc2[N+](=O)[O-])cc1. The van der Waals surface area contributed by atoms with Gasteiger partial charge < -0.3 is 5.32 Å². The third kappa shape index (κ3) is 4.60. The number of hydrogen-bond acceptors (Lipinski definition) is 7. The number of rotatable bonds is 6. The molecule has 2 rings (SSSR count). The van der Waals surface area contributed by atoms with Crippen molar-refractivity contribution in [3.63, 3.8) is 0 Å². The first-order chi connectivity index (χ1) is 12.3. The van der Waals surface area contributed by atoms with Crippen LogP contribution in [0.3, 0.4) is 0 Å². The maximum Gasteiger partial charge on any atom is 0.301 e. The predicted molar refractivity (Wildman–Crippen MR) is 96.5 cm³/mol. The molecule has 0 heterocycles. The van der Waals surface area contributed by atoms with Crippen LogP contribution in [0.5, 0.6) is 0 Å². The van der Waals surface area contributed by atoms with Crippen molar-refractivity contribution in [3.05, 3.63) is 67.8 Å². The zero-order chi connectivity index (χ0) is 19.3. The first-order valence-electron chi connectivity index (χ1n) is 7.38. The van der Waals surface area contributed by atoms with Crippen LogP contribution >= 0.6 is 0 Å². The Balaban J connectivity index is 2.25. The molecule has 2 N–H and O–H groups in total.